The summed E-state index contributed by atoms with van der Waals surface area (Å²) in [7, 11) is 2.01. The molecule has 0 aliphatic carbocycles. The number of rotatable bonds is 7. The molecule has 1 aromatic rings. The van der Waals surface area contributed by atoms with Crippen LogP contribution in [0.3, 0.4) is 0 Å². The first-order chi connectivity index (χ1) is 7.29. The number of hydrogen-bond acceptors (Lipinski definition) is 2. The Hall–Kier alpha value is -0.760. The molecule has 0 saturated carbocycles. The summed E-state index contributed by atoms with van der Waals surface area (Å²) in [6.45, 7) is 4.35. The molecule has 0 aliphatic rings. The van der Waals surface area contributed by atoms with Gasteiger partial charge in [-0.25, -0.2) is 0 Å². The van der Waals surface area contributed by atoms with E-state index in [9.17, 15) is 0 Å². The standard InChI is InChI=1S/C13H23NO/c1-4-5-6-7-8-12(14-3)13-11(2)9-10-15-13/h9-10,12,14H,4-8H2,1-3H3. The molecular formula is C13H23NO. The maximum Gasteiger partial charge on any atom is 0.123 e. The van der Waals surface area contributed by atoms with Crippen molar-refractivity contribution in [1.29, 1.82) is 0 Å². The van der Waals surface area contributed by atoms with Gasteiger partial charge < -0.3 is 9.73 Å². The first-order valence-electron chi connectivity index (χ1n) is 6.00. The molecule has 1 atom stereocenters. The van der Waals surface area contributed by atoms with Crippen LogP contribution in [0.2, 0.25) is 0 Å². The maximum atomic E-state index is 5.51. The Morgan fingerprint density at radius 1 is 1.33 bits per heavy atom. The van der Waals surface area contributed by atoms with Gasteiger partial charge >= 0.3 is 0 Å². The quantitative estimate of drug-likeness (QED) is 0.691. The van der Waals surface area contributed by atoms with Crippen molar-refractivity contribution in [3.05, 3.63) is 23.7 Å². The van der Waals surface area contributed by atoms with E-state index < -0.39 is 0 Å². The molecule has 2 nitrogen and oxygen atoms in total. The third kappa shape index (κ3) is 3.71. The van der Waals surface area contributed by atoms with Crippen LogP contribution in [0.5, 0.6) is 0 Å². The van der Waals surface area contributed by atoms with Gasteiger partial charge in [0.15, 0.2) is 0 Å². The number of unbranched alkanes of at least 4 members (excludes halogenated alkanes) is 3. The normalized spacial score (nSPS) is 13.0. The first-order valence-corrected chi connectivity index (χ1v) is 6.00. The van der Waals surface area contributed by atoms with Crippen LogP contribution < -0.4 is 5.32 Å². The third-order valence-electron chi connectivity index (χ3n) is 2.91. The van der Waals surface area contributed by atoms with Crippen LogP contribution in [0, 0.1) is 6.92 Å². The average molecular weight is 209 g/mol. The van der Waals surface area contributed by atoms with Crippen molar-refractivity contribution < 1.29 is 4.42 Å². The van der Waals surface area contributed by atoms with Crippen LogP contribution >= 0.6 is 0 Å². The monoisotopic (exact) mass is 209 g/mol. The van der Waals surface area contributed by atoms with E-state index in [4.69, 9.17) is 4.42 Å². The summed E-state index contributed by atoms with van der Waals surface area (Å²) in [6, 6.07) is 2.42. The fourth-order valence-electron chi connectivity index (χ4n) is 1.92. The predicted molar refractivity (Wildman–Crippen MR) is 64.0 cm³/mol. The lowest BCUT2D eigenvalue weighted by Crippen LogP contribution is -2.16. The van der Waals surface area contributed by atoms with E-state index in [1.807, 2.05) is 13.1 Å². The lowest BCUT2D eigenvalue weighted by Gasteiger charge is -2.14. The molecule has 2 heteroatoms. The highest BCUT2D eigenvalue weighted by molar-refractivity contribution is 5.17. The number of furan rings is 1. The molecule has 0 bridgehead atoms. The Balaban J connectivity index is 2.39. The van der Waals surface area contributed by atoms with E-state index in [-0.39, 0.29) is 0 Å². The summed E-state index contributed by atoms with van der Waals surface area (Å²) in [5.41, 5.74) is 1.25. The van der Waals surface area contributed by atoms with Crippen LogP contribution in [0.1, 0.15) is 56.4 Å². The zero-order valence-corrected chi connectivity index (χ0v) is 10.2. The van der Waals surface area contributed by atoms with Gasteiger partial charge in [-0.1, -0.05) is 32.6 Å². The highest BCUT2D eigenvalue weighted by Gasteiger charge is 2.14. The van der Waals surface area contributed by atoms with Gasteiger partial charge in [0.05, 0.1) is 12.3 Å². The first kappa shape index (κ1) is 12.3. The van der Waals surface area contributed by atoms with Gasteiger partial charge in [0.2, 0.25) is 0 Å². The van der Waals surface area contributed by atoms with Gasteiger partial charge in [0.25, 0.3) is 0 Å². The Morgan fingerprint density at radius 2 is 2.13 bits per heavy atom. The number of hydrogen-bond donors (Lipinski definition) is 1. The molecule has 1 unspecified atom stereocenters. The van der Waals surface area contributed by atoms with Crippen molar-refractivity contribution in [3.63, 3.8) is 0 Å². The van der Waals surface area contributed by atoms with Gasteiger partial charge in [-0.3, -0.25) is 0 Å². The molecule has 1 rings (SSSR count). The fourth-order valence-corrected chi connectivity index (χ4v) is 1.92. The molecule has 1 N–H and O–H groups in total. The SMILES string of the molecule is CCCCCCC(NC)c1occc1C. The highest BCUT2D eigenvalue weighted by Crippen LogP contribution is 2.23. The number of aryl methyl sites for hydroxylation is 1. The largest absolute Gasteiger partial charge is 0.467 e. The topological polar surface area (TPSA) is 25.2 Å². The second-order valence-corrected chi connectivity index (χ2v) is 4.16. The van der Waals surface area contributed by atoms with Gasteiger partial charge in [-0.15, -0.1) is 0 Å². The summed E-state index contributed by atoms with van der Waals surface area (Å²) in [5.74, 6) is 1.11. The maximum absolute atomic E-state index is 5.51. The Bertz CT molecular complexity index is 267. The molecular weight excluding hydrogens is 186 g/mol. The molecule has 0 amide bonds. The van der Waals surface area contributed by atoms with Crippen molar-refractivity contribution in [3.8, 4) is 0 Å². The highest BCUT2D eigenvalue weighted by atomic mass is 16.3. The summed E-state index contributed by atoms with van der Waals surface area (Å²) < 4.78 is 5.51. The zero-order chi connectivity index (χ0) is 11.1. The lowest BCUT2D eigenvalue weighted by molar-refractivity contribution is 0.400. The van der Waals surface area contributed by atoms with Crippen molar-refractivity contribution in [2.75, 3.05) is 7.05 Å². The van der Waals surface area contributed by atoms with Crippen LogP contribution in [0.4, 0.5) is 0 Å². The smallest absolute Gasteiger partial charge is 0.123 e. The Labute approximate surface area is 93.1 Å². The molecule has 15 heavy (non-hydrogen) atoms. The van der Waals surface area contributed by atoms with Crippen molar-refractivity contribution >= 4 is 0 Å². The summed E-state index contributed by atoms with van der Waals surface area (Å²) in [6.07, 6.45) is 8.19. The molecule has 1 aromatic heterocycles. The van der Waals surface area contributed by atoms with E-state index in [2.05, 4.69) is 19.2 Å². The second kappa shape index (κ2) is 6.67. The van der Waals surface area contributed by atoms with Crippen molar-refractivity contribution in [1.82, 2.24) is 5.32 Å². The predicted octanol–water partition coefficient (Wildman–Crippen LogP) is 3.82. The molecule has 0 spiro atoms. The molecule has 0 aromatic carbocycles. The van der Waals surface area contributed by atoms with Crippen molar-refractivity contribution in [2.45, 2.75) is 52.0 Å². The third-order valence-corrected chi connectivity index (χ3v) is 2.91. The van der Waals surface area contributed by atoms with Crippen LogP contribution in [0.25, 0.3) is 0 Å². The Kier molecular flexibility index (Phi) is 5.48. The van der Waals surface area contributed by atoms with E-state index in [1.54, 1.807) is 6.26 Å². The van der Waals surface area contributed by atoms with E-state index in [1.165, 1.54) is 37.7 Å². The van der Waals surface area contributed by atoms with Gasteiger partial charge in [0.1, 0.15) is 5.76 Å². The molecule has 0 saturated heterocycles. The summed E-state index contributed by atoms with van der Waals surface area (Å²) in [5, 5.41) is 3.33. The minimum atomic E-state index is 0.386. The van der Waals surface area contributed by atoms with E-state index in [0.29, 0.717) is 6.04 Å². The lowest BCUT2D eigenvalue weighted by atomic mass is 10.0. The number of nitrogens with one attached hydrogen (secondary N) is 1. The van der Waals surface area contributed by atoms with E-state index >= 15 is 0 Å². The molecule has 0 fully saturated rings. The van der Waals surface area contributed by atoms with Gasteiger partial charge in [-0.05, 0) is 32.0 Å². The molecule has 0 radical (unpaired) electrons. The molecule has 86 valence electrons. The molecule has 0 aliphatic heterocycles. The summed E-state index contributed by atoms with van der Waals surface area (Å²) in [4.78, 5) is 0. The fraction of sp³-hybridized carbons (Fsp3) is 0.692. The van der Waals surface area contributed by atoms with E-state index in [0.717, 1.165) is 5.76 Å². The van der Waals surface area contributed by atoms with Crippen LogP contribution in [-0.4, -0.2) is 7.05 Å². The van der Waals surface area contributed by atoms with Crippen LogP contribution in [0.15, 0.2) is 16.7 Å². The van der Waals surface area contributed by atoms with Crippen molar-refractivity contribution in [2.24, 2.45) is 0 Å². The second-order valence-electron chi connectivity index (χ2n) is 4.16. The zero-order valence-electron chi connectivity index (χ0n) is 10.2. The Morgan fingerprint density at radius 3 is 2.67 bits per heavy atom. The van der Waals surface area contributed by atoms with Gasteiger partial charge in [-0.2, -0.15) is 0 Å². The molecule has 1 heterocycles. The minimum absolute atomic E-state index is 0.386. The minimum Gasteiger partial charge on any atom is -0.467 e. The summed E-state index contributed by atoms with van der Waals surface area (Å²) >= 11 is 0. The van der Waals surface area contributed by atoms with Gasteiger partial charge in [0, 0.05) is 0 Å². The van der Waals surface area contributed by atoms with Crippen LogP contribution in [-0.2, 0) is 0 Å². The average Bonchev–Trinajstić information content (AvgIpc) is 2.65.